The van der Waals surface area contributed by atoms with E-state index in [-0.39, 0.29) is 21.5 Å². The van der Waals surface area contributed by atoms with Crippen molar-refractivity contribution >= 4 is 38.9 Å². The van der Waals surface area contributed by atoms with Crippen LogP contribution in [0.5, 0.6) is 0 Å². The molecular formula is C11H8Cl2FNO4S. The smallest absolute Gasteiger partial charge is 0.295 e. The van der Waals surface area contributed by atoms with Crippen molar-refractivity contribution in [1.29, 1.82) is 0 Å². The molecule has 0 aliphatic carbocycles. The van der Waals surface area contributed by atoms with Gasteiger partial charge in [-0.05, 0) is 24.3 Å². The van der Waals surface area contributed by atoms with E-state index in [1.807, 2.05) is 0 Å². The van der Waals surface area contributed by atoms with Crippen LogP contribution in [0.2, 0.25) is 10.0 Å². The summed E-state index contributed by atoms with van der Waals surface area (Å²) in [4.78, 5) is 0. The van der Waals surface area contributed by atoms with Crippen LogP contribution in [0.4, 0.5) is 10.1 Å². The molecule has 1 heterocycles. The zero-order chi connectivity index (χ0) is 14.9. The van der Waals surface area contributed by atoms with Gasteiger partial charge in [0.05, 0.1) is 15.7 Å². The van der Waals surface area contributed by atoms with Crippen molar-refractivity contribution in [2.24, 2.45) is 0 Å². The summed E-state index contributed by atoms with van der Waals surface area (Å²) >= 11 is 11.1. The fourth-order valence-corrected chi connectivity index (χ4v) is 2.89. The highest BCUT2D eigenvalue weighted by Crippen LogP contribution is 2.28. The molecule has 0 unspecified atom stereocenters. The third-order valence-corrected chi connectivity index (χ3v) is 4.10. The van der Waals surface area contributed by atoms with Crippen molar-refractivity contribution in [3.63, 3.8) is 0 Å². The van der Waals surface area contributed by atoms with E-state index in [9.17, 15) is 12.8 Å². The van der Waals surface area contributed by atoms with Gasteiger partial charge in [-0.3, -0.25) is 4.72 Å². The van der Waals surface area contributed by atoms with Crippen LogP contribution in [-0.2, 0) is 16.6 Å². The number of hydrogen-bond acceptors (Lipinski definition) is 4. The van der Waals surface area contributed by atoms with E-state index in [2.05, 4.69) is 4.72 Å². The van der Waals surface area contributed by atoms with Crippen LogP contribution in [0.3, 0.4) is 0 Å². The van der Waals surface area contributed by atoms with Gasteiger partial charge in [0.2, 0.25) is 5.09 Å². The topological polar surface area (TPSA) is 79.5 Å². The molecule has 0 saturated heterocycles. The summed E-state index contributed by atoms with van der Waals surface area (Å²) in [7, 11) is -4.02. The van der Waals surface area contributed by atoms with Crippen molar-refractivity contribution in [2.75, 3.05) is 4.72 Å². The lowest BCUT2D eigenvalue weighted by molar-refractivity contribution is 0.236. The van der Waals surface area contributed by atoms with Gasteiger partial charge in [-0.1, -0.05) is 23.2 Å². The summed E-state index contributed by atoms with van der Waals surface area (Å²) in [5.74, 6) is -0.739. The molecule has 0 atom stereocenters. The molecule has 1 aromatic heterocycles. The molecule has 20 heavy (non-hydrogen) atoms. The number of benzene rings is 1. The summed E-state index contributed by atoms with van der Waals surface area (Å²) in [6.07, 6.45) is 0. The Morgan fingerprint density at radius 3 is 2.35 bits per heavy atom. The molecule has 5 nitrogen and oxygen atoms in total. The average molecular weight is 340 g/mol. The third-order valence-electron chi connectivity index (χ3n) is 2.29. The van der Waals surface area contributed by atoms with Gasteiger partial charge in [0, 0.05) is 0 Å². The van der Waals surface area contributed by atoms with Crippen molar-refractivity contribution in [2.45, 2.75) is 11.7 Å². The van der Waals surface area contributed by atoms with Gasteiger partial charge in [0.1, 0.15) is 12.4 Å². The number of halogens is 3. The van der Waals surface area contributed by atoms with Crippen LogP contribution in [-0.4, -0.2) is 13.5 Å². The van der Waals surface area contributed by atoms with Gasteiger partial charge in [0.15, 0.2) is 5.82 Å². The molecule has 0 amide bonds. The number of anilines is 1. The minimum Gasteiger partial charge on any atom is -0.445 e. The van der Waals surface area contributed by atoms with Gasteiger partial charge in [-0.2, -0.15) is 8.42 Å². The molecule has 2 rings (SSSR count). The largest absolute Gasteiger partial charge is 0.445 e. The van der Waals surface area contributed by atoms with Crippen LogP contribution in [0.1, 0.15) is 5.76 Å². The predicted molar refractivity (Wildman–Crippen MR) is 71.9 cm³/mol. The predicted octanol–water partition coefficient (Wildman–Crippen LogP) is 3.02. The normalized spacial score (nSPS) is 11.6. The van der Waals surface area contributed by atoms with Crippen LogP contribution < -0.4 is 4.72 Å². The molecule has 0 aliphatic rings. The summed E-state index contributed by atoms with van der Waals surface area (Å²) in [5, 5.41) is 7.81. The molecule has 2 N–H and O–H groups in total. The number of nitrogens with one attached hydrogen (secondary N) is 1. The molecule has 0 aliphatic heterocycles. The molecule has 108 valence electrons. The van der Waals surface area contributed by atoms with Crippen molar-refractivity contribution in [3.8, 4) is 0 Å². The average Bonchev–Trinajstić information content (AvgIpc) is 2.85. The Bertz CT molecular complexity index is 722. The SMILES string of the molecule is O=S(=O)(Nc1cc(Cl)c(F)c(Cl)c1)c1ccc(CO)o1. The first-order valence-corrected chi connectivity index (χ1v) is 7.44. The Labute approximate surface area is 124 Å². The molecule has 0 spiro atoms. The first-order valence-electron chi connectivity index (χ1n) is 5.20. The van der Waals surface area contributed by atoms with Crippen LogP contribution in [0.15, 0.2) is 33.8 Å². The highest BCUT2D eigenvalue weighted by Gasteiger charge is 2.20. The summed E-state index contributed by atoms with van der Waals surface area (Å²) in [6.45, 7) is -0.427. The van der Waals surface area contributed by atoms with E-state index in [1.54, 1.807) is 0 Å². The Balaban J connectivity index is 2.33. The first kappa shape index (κ1) is 15.1. The number of sulfonamides is 1. The number of furan rings is 1. The Morgan fingerprint density at radius 1 is 1.25 bits per heavy atom. The fraction of sp³-hybridized carbons (Fsp3) is 0.0909. The van der Waals surface area contributed by atoms with Crippen molar-refractivity contribution in [3.05, 3.63) is 45.9 Å². The maximum absolute atomic E-state index is 13.2. The maximum Gasteiger partial charge on any atom is 0.295 e. The molecule has 0 bridgehead atoms. The lowest BCUT2D eigenvalue weighted by Crippen LogP contribution is -2.12. The van der Waals surface area contributed by atoms with Crippen molar-refractivity contribution < 1.29 is 22.3 Å². The number of hydrogen-bond donors (Lipinski definition) is 2. The fourth-order valence-electron chi connectivity index (χ4n) is 1.41. The van der Waals surface area contributed by atoms with E-state index in [4.69, 9.17) is 32.7 Å². The van der Waals surface area contributed by atoms with Gasteiger partial charge < -0.3 is 9.52 Å². The second kappa shape index (κ2) is 5.61. The Hall–Kier alpha value is -1.28. The van der Waals surface area contributed by atoms with Gasteiger partial charge in [-0.25, -0.2) is 4.39 Å². The molecular weight excluding hydrogens is 332 g/mol. The maximum atomic E-state index is 13.2. The molecule has 2 aromatic rings. The minimum atomic E-state index is -4.02. The molecule has 9 heteroatoms. The van der Waals surface area contributed by atoms with E-state index < -0.39 is 27.5 Å². The zero-order valence-electron chi connectivity index (χ0n) is 9.73. The molecule has 0 saturated carbocycles. The number of aliphatic hydroxyl groups is 1. The highest BCUT2D eigenvalue weighted by molar-refractivity contribution is 7.92. The van der Waals surface area contributed by atoms with E-state index >= 15 is 0 Å². The first-order chi connectivity index (χ1) is 9.33. The second-order valence-electron chi connectivity index (χ2n) is 3.74. The van der Waals surface area contributed by atoms with Gasteiger partial charge in [0.25, 0.3) is 10.0 Å². The zero-order valence-corrected chi connectivity index (χ0v) is 12.1. The standard InChI is InChI=1S/C11H8Cl2FNO4S/c12-8-3-6(4-9(13)11(8)14)15-20(17,18)10-2-1-7(5-16)19-10/h1-4,15-16H,5H2. The molecule has 0 fully saturated rings. The van der Waals surface area contributed by atoms with E-state index in [0.29, 0.717) is 0 Å². The summed E-state index contributed by atoms with van der Waals surface area (Å²) < 4.78 is 44.2. The highest BCUT2D eigenvalue weighted by atomic mass is 35.5. The second-order valence-corrected chi connectivity index (χ2v) is 6.17. The van der Waals surface area contributed by atoms with E-state index in [0.717, 1.165) is 12.1 Å². The third kappa shape index (κ3) is 3.06. The monoisotopic (exact) mass is 339 g/mol. The lowest BCUT2D eigenvalue weighted by atomic mass is 10.3. The van der Waals surface area contributed by atoms with E-state index in [1.165, 1.54) is 12.1 Å². The van der Waals surface area contributed by atoms with Crippen molar-refractivity contribution in [1.82, 2.24) is 0 Å². The Morgan fingerprint density at radius 2 is 1.85 bits per heavy atom. The summed E-state index contributed by atoms with van der Waals surface area (Å²) in [5.41, 5.74) is -0.0108. The number of rotatable bonds is 4. The van der Waals surface area contributed by atoms with Crippen LogP contribution in [0.25, 0.3) is 0 Å². The molecule has 0 radical (unpaired) electrons. The van der Waals surface area contributed by atoms with Crippen LogP contribution >= 0.6 is 23.2 Å². The summed E-state index contributed by atoms with van der Waals surface area (Å²) in [6, 6.07) is 4.66. The quantitative estimate of drug-likeness (QED) is 0.839. The lowest BCUT2D eigenvalue weighted by Gasteiger charge is -2.07. The minimum absolute atomic E-state index is 0.0108. The van der Waals surface area contributed by atoms with Gasteiger partial charge in [-0.15, -0.1) is 0 Å². The molecule has 1 aromatic carbocycles. The van der Waals surface area contributed by atoms with Gasteiger partial charge >= 0.3 is 0 Å². The number of aliphatic hydroxyl groups excluding tert-OH is 1. The van der Waals surface area contributed by atoms with Crippen LogP contribution in [0, 0.1) is 5.82 Å². The Kier molecular flexibility index (Phi) is 4.24.